The molecule has 0 unspecified atom stereocenters. The van der Waals surface area contributed by atoms with Crippen LogP contribution in [0.1, 0.15) is 108 Å². The van der Waals surface area contributed by atoms with Gasteiger partial charge in [-0.15, -0.1) is 0 Å². The van der Waals surface area contributed by atoms with Crippen LogP contribution in [-0.4, -0.2) is 40.3 Å². The van der Waals surface area contributed by atoms with Crippen molar-refractivity contribution in [1.29, 1.82) is 0 Å². The normalized spacial score (nSPS) is 21.3. The molecule has 2 saturated carbocycles. The van der Waals surface area contributed by atoms with Crippen LogP contribution in [0.4, 0.5) is 0 Å². The number of hydrogen-bond acceptors (Lipinski definition) is 4. The number of rotatable bonds is 8. The standard InChI is InChI=1S/C28H40BClN2O3/c1-5-19-18-21(30)12-15-24(19)32-25(16-17-26(33)35-28(2,3)4)29-31-27(32)20-10-13-23(14-11-20)34-22-8-6-7-9-22/h12,15,18,20,22-23H,5-11,13-14,16-17H2,1-4H3. The van der Waals surface area contributed by atoms with E-state index in [9.17, 15) is 4.79 Å². The molecular weight excluding hydrogens is 459 g/mol. The van der Waals surface area contributed by atoms with Crippen molar-refractivity contribution in [3.05, 3.63) is 40.2 Å². The van der Waals surface area contributed by atoms with Crippen molar-refractivity contribution in [3.8, 4) is 5.69 Å². The molecule has 0 N–H and O–H groups in total. The minimum atomic E-state index is -0.479. The molecule has 35 heavy (non-hydrogen) atoms. The van der Waals surface area contributed by atoms with Gasteiger partial charge in [-0.2, -0.15) is 0 Å². The maximum atomic E-state index is 12.5. The number of benzene rings is 1. The summed E-state index contributed by atoms with van der Waals surface area (Å²) in [6, 6.07) is 6.09. The number of aryl methyl sites for hydroxylation is 2. The second-order valence-corrected chi connectivity index (χ2v) is 11.6. The number of hydrogen-bond donors (Lipinski definition) is 0. The van der Waals surface area contributed by atoms with Crippen LogP contribution < -0.4 is 0 Å². The van der Waals surface area contributed by atoms with Crippen molar-refractivity contribution >= 4 is 24.6 Å². The number of carbonyl (C=O) groups excluding carboxylic acids is 1. The van der Waals surface area contributed by atoms with Crippen LogP contribution in [0.3, 0.4) is 0 Å². The summed E-state index contributed by atoms with van der Waals surface area (Å²) in [7, 11) is 1.95. The zero-order valence-electron chi connectivity index (χ0n) is 21.8. The van der Waals surface area contributed by atoms with E-state index in [2.05, 4.69) is 17.6 Å². The van der Waals surface area contributed by atoms with Crippen LogP contribution >= 0.6 is 11.6 Å². The first kappa shape index (κ1) is 26.4. The molecule has 0 radical (unpaired) electrons. The quantitative estimate of drug-likeness (QED) is 0.381. The summed E-state index contributed by atoms with van der Waals surface area (Å²) in [5.41, 5.74) is 2.88. The van der Waals surface area contributed by atoms with Crippen LogP contribution in [0, 0.1) is 0 Å². The Labute approximate surface area is 216 Å². The monoisotopic (exact) mass is 498 g/mol. The molecule has 2 aliphatic carbocycles. The van der Waals surface area contributed by atoms with Crippen molar-refractivity contribution in [1.82, 2.24) is 9.46 Å². The molecule has 0 amide bonds. The van der Waals surface area contributed by atoms with Crippen LogP contribution in [0.25, 0.3) is 5.69 Å². The Bertz CT molecular complexity index is 1000. The van der Waals surface area contributed by atoms with E-state index in [1.807, 2.05) is 40.0 Å². The van der Waals surface area contributed by atoms with E-state index in [4.69, 9.17) is 26.0 Å². The van der Waals surface area contributed by atoms with Crippen molar-refractivity contribution in [2.45, 2.75) is 122 Å². The van der Waals surface area contributed by atoms with E-state index < -0.39 is 5.60 Å². The molecule has 0 atom stereocenters. The number of esters is 1. The average molecular weight is 499 g/mol. The molecule has 2 aliphatic rings. The summed E-state index contributed by atoms with van der Waals surface area (Å²) in [5, 5.41) is 0.743. The molecule has 2 fully saturated rings. The molecule has 1 aromatic heterocycles. The summed E-state index contributed by atoms with van der Waals surface area (Å²) in [6.45, 7) is 7.86. The SMILES string of the molecule is CCc1cc(Cl)ccc1-n1c(CCC(=O)OC(C)(C)C)bnc1C1CCC(OC2CCCC2)CC1. The molecule has 0 aliphatic heterocycles. The number of carbonyl (C=O) groups is 1. The Morgan fingerprint density at radius 2 is 1.80 bits per heavy atom. The van der Waals surface area contributed by atoms with Gasteiger partial charge >= 0.3 is 216 Å². The van der Waals surface area contributed by atoms with Crippen molar-refractivity contribution in [2.75, 3.05) is 0 Å². The van der Waals surface area contributed by atoms with Gasteiger partial charge in [-0.1, -0.05) is 0 Å². The third kappa shape index (κ3) is 6.98. The second-order valence-electron chi connectivity index (χ2n) is 11.2. The van der Waals surface area contributed by atoms with Gasteiger partial charge in [0.05, 0.1) is 0 Å². The molecule has 7 heteroatoms. The average Bonchev–Trinajstić information content (AvgIpc) is 3.47. The van der Waals surface area contributed by atoms with E-state index in [1.165, 1.54) is 31.2 Å². The summed E-state index contributed by atoms with van der Waals surface area (Å²) < 4.78 is 14.3. The van der Waals surface area contributed by atoms with Crippen molar-refractivity contribution < 1.29 is 14.3 Å². The predicted octanol–water partition coefficient (Wildman–Crippen LogP) is 6.69. The topological polar surface area (TPSA) is 53.4 Å². The van der Waals surface area contributed by atoms with Crippen LogP contribution in [0.2, 0.25) is 5.02 Å². The van der Waals surface area contributed by atoms with Crippen LogP contribution in [0.5, 0.6) is 0 Å². The van der Waals surface area contributed by atoms with Gasteiger partial charge in [0.15, 0.2) is 0 Å². The van der Waals surface area contributed by atoms with Crippen LogP contribution in [0.15, 0.2) is 18.2 Å². The fourth-order valence-corrected chi connectivity index (χ4v) is 5.77. The Morgan fingerprint density at radius 1 is 1.11 bits per heavy atom. The molecular formula is C28H40BClN2O3. The summed E-state index contributed by atoms with van der Waals surface area (Å²) in [5.74, 6) is 1.30. The van der Waals surface area contributed by atoms with Gasteiger partial charge in [-0.25, -0.2) is 0 Å². The molecule has 1 aromatic carbocycles. The number of ether oxygens (including phenoxy) is 2. The Balaban J connectivity index is 1.55. The molecule has 0 saturated heterocycles. The Hall–Kier alpha value is -1.66. The van der Waals surface area contributed by atoms with E-state index in [0.29, 0.717) is 31.0 Å². The van der Waals surface area contributed by atoms with Gasteiger partial charge in [0.2, 0.25) is 0 Å². The first-order valence-electron chi connectivity index (χ1n) is 13.5. The summed E-state index contributed by atoms with van der Waals surface area (Å²) in [6.07, 6.45) is 12.0. The van der Waals surface area contributed by atoms with Crippen LogP contribution in [-0.2, 0) is 27.1 Å². The maximum absolute atomic E-state index is 12.5. The fraction of sp³-hybridized carbons (Fsp3) is 0.679. The van der Waals surface area contributed by atoms with E-state index >= 15 is 0 Å². The Morgan fingerprint density at radius 3 is 2.46 bits per heavy atom. The van der Waals surface area contributed by atoms with Crippen molar-refractivity contribution in [3.63, 3.8) is 0 Å². The first-order valence-corrected chi connectivity index (χ1v) is 13.8. The van der Waals surface area contributed by atoms with Gasteiger partial charge in [0.25, 0.3) is 0 Å². The molecule has 4 rings (SSSR count). The first-order chi connectivity index (χ1) is 16.7. The molecule has 2 aromatic rings. The van der Waals surface area contributed by atoms with Gasteiger partial charge in [-0.05, 0) is 0 Å². The zero-order chi connectivity index (χ0) is 25.0. The zero-order valence-corrected chi connectivity index (χ0v) is 22.6. The van der Waals surface area contributed by atoms with E-state index in [0.717, 1.165) is 54.2 Å². The van der Waals surface area contributed by atoms with Gasteiger partial charge < -0.3 is 0 Å². The third-order valence-electron chi connectivity index (χ3n) is 7.26. The Kier molecular flexibility index (Phi) is 8.75. The van der Waals surface area contributed by atoms with E-state index in [-0.39, 0.29) is 5.97 Å². The molecule has 0 spiro atoms. The van der Waals surface area contributed by atoms with E-state index in [1.54, 1.807) is 0 Å². The van der Waals surface area contributed by atoms with Crippen molar-refractivity contribution in [2.24, 2.45) is 0 Å². The number of halogens is 1. The molecule has 1 heterocycles. The summed E-state index contributed by atoms with van der Waals surface area (Å²) in [4.78, 5) is 17.4. The van der Waals surface area contributed by atoms with Gasteiger partial charge in [0.1, 0.15) is 0 Å². The second kappa shape index (κ2) is 11.6. The number of aromatic nitrogens is 2. The number of nitrogens with zero attached hydrogens (tertiary/aromatic N) is 2. The molecule has 190 valence electrons. The minimum absolute atomic E-state index is 0.178. The summed E-state index contributed by atoms with van der Waals surface area (Å²) >= 11 is 6.34. The van der Waals surface area contributed by atoms with Gasteiger partial charge in [-0.3, -0.25) is 0 Å². The predicted molar refractivity (Wildman–Crippen MR) is 142 cm³/mol. The third-order valence-corrected chi connectivity index (χ3v) is 7.49. The molecule has 0 bridgehead atoms. The molecule has 5 nitrogen and oxygen atoms in total. The van der Waals surface area contributed by atoms with Gasteiger partial charge in [0, 0.05) is 0 Å². The fourth-order valence-electron chi connectivity index (χ4n) is 5.58.